The first-order chi connectivity index (χ1) is 28.2. The smallest absolute Gasteiger partial charge is 0.164 e. The lowest BCUT2D eigenvalue weighted by Gasteiger charge is -2.11. The summed E-state index contributed by atoms with van der Waals surface area (Å²) in [6, 6.07) is 63.8. The number of fused-ring (bicyclic) bond motifs is 10. The van der Waals surface area contributed by atoms with Gasteiger partial charge in [0.05, 0.1) is 16.4 Å². The lowest BCUT2D eigenvalue weighted by atomic mass is 10.0. The maximum absolute atomic E-state index is 6.73. The third-order valence-corrected chi connectivity index (χ3v) is 12.2. The van der Waals surface area contributed by atoms with Gasteiger partial charge in [-0.25, -0.2) is 15.0 Å². The lowest BCUT2D eigenvalue weighted by molar-refractivity contribution is 0.669. The first kappa shape index (κ1) is 31.9. The fourth-order valence-corrected chi connectivity index (χ4v) is 9.54. The van der Waals surface area contributed by atoms with Gasteiger partial charge in [-0.15, -0.1) is 11.3 Å². The van der Waals surface area contributed by atoms with Crippen molar-refractivity contribution >= 4 is 75.3 Å². The monoisotopic (exact) mass is 746 g/mol. The molecular weight excluding hydrogens is 717 g/mol. The van der Waals surface area contributed by atoms with Crippen molar-refractivity contribution in [3.05, 3.63) is 182 Å². The van der Waals surface area contributed by atoms with E-state index in [0.717, 1.165) is 55.3 Å². The molecular formula is C51H30N4OS. The Labute approximate surface area is 330 Å². The summed E-state index contributed by atoms with van der Waals surface area (Å²) in [5.74, 6) is 1.85. The summed E-state index contributed by atoms with van der Waals surface area (Å²) in [5, 5.41) is 7.00. The Morgan fingerprint density at radius 3 is 1.81 bits per heavy atom. The zero-order valence-corrected chi connectivity index (χ0v) is 31.2. The number of nitrogens with zero attached hydrogens (tertiary/aromatic N) is 4. The molecule has 4 aromatic heterocycles. The summed E-state index contributed by atoms with van der Waals surface area (Å²) in [5.41, 5.74) is 10.1. The molecule has 0 spiro atoms. The van der Waals surface area contributed by atoms with E-state index < -0.39 is 0 Å². The molecule has 12 rings (SSSR count). The Morgan fingerprint density at radius 1 is 0.386 bits per heavy atom. The summed E-state index contributed by atoms with van der Waals surface area (Å²) >= 11 is 1.79. The number of para-hydroxylation sites is 1. The van der Waals surface area contributed by atoms with Crippen molar-refractivity contribution < 1.29 is 4.42 Å². The number of benzene rings is 8. The average molecular weight is 747 g/mol. The minimum Gasteiger partial charge on any atom is -0.456 e. The Balaban J connectivity index is 1.05. The minimum atomic E-state index is 0.592. The topological polar surface area (TPSA) is 56.7 Å². The SMILES string of the molecule is c1ccc(-c2cccc(-n3c4ccccc4c4ccc5oc6cc(-c7nc(-c8ccccc8)nc(-c8ccc9c(c8)sc8ccccc89)n7)ccc6c5c43)c2)cc1. The van der Waals surface area contributed by atoms with E-state index in [1.165, 1.54) is 42.1 Å². The molecule has 12 aromatic rings. The highest BCUT2D eigenvalue weighted by atomic mass is 32.1. The van der Waals surface area contributed by atoms with E-state index in [1.807, 2.05) is 30.3 Å². The summed E-state index contributed by atoms with van der Waals surface area (Å²) in [7, 11) is 0. The van der Waals surface area contributed by atoms with Gasteiger partial charge in [0.1, 0.15) is 11.2 Å². The van der Waals surface area contributed by atoms with Crippen LogP contribution in [0.25, 0.3) is 115 Å². The van der Waals surface area contributed by atoms with Crippen LogP contribution in [0.3, 0.4) is 0 Å². The number of rotatable bonds is 5. The summed E-state index contributed by atoms with van der Waals surface area (Å²) in [6.07, 6.45) is 0. The fraction of sp³-hybridized carbons (Fsp3) is 0. The zero-order valence-electron chi connectivity index (χ0n) is 30.4. The quantitative estimate of drug-likeness (QED) is 0.176. The van der Waals surface area contributed by atoms with Crippen LogP contribution in [0.1, 0.15) is 0 Å². The second-order valence-corrected chi connectivity index (χ2v) is 15.5. The van der Waals surface area contributed by atoms with Gasteiger partial charge in [-0.1, -0.05) is 127 Å². The Hall–Kier alpha value is -7.41. The molecule has 0 N–H and O–H groups in total. The van der Waals surface area contributed by atoms with Crippen LogP contribution in [0.2, 0.25) is 0 Å². The predicted octanol–water partition coefficient (Wildman–Crippen LogP) is 13.9. The summed E-state index contributed by atoms with van der Waals surface area (Å²) in [6.45, 7) is 0. The van der Waals surface area contributed by atoms with E-state index in [4.69, 9.17) is 19.4 Å². The van der Waals surface area contributed by atoms with Crippen molar-refractivity contribution in [3.8, 4) is 51.0 Å². The number of hydrogen-bond acceptors (Lipinski definition) is 5. The number of hydrogen-bond donors (Lipinski definition) is 0. The first-order valence-corrected chi connectivity index (χ1v) is 19.8. The average Bonchev–Trinajstić information content (AvgIpc) is 3.95. The van der Waals surface area contributed by atoms with Crippen LogP contribution in [-0.4, -0.2) is 19.5 Å². The van der Waals surface area contributed by atoms with Crippen LogP contribution in [-0.2, 0) is 0 Å². The molecule has 57 heavy (non-hydrogen) atoms. The first-order valence-electron chi connectivity index (χ1n) is 19.0. The van der Waals surface area contributed by atoms with Crippen molar-refractivity contribution in [2.75, 3.05) is 0 Å². The van der Waals surface area contributed by atoms with Gasteiger partial charge in [-0.3, -0.25) is 0 Å². The molecule has 0 saturated carbocycles. The molecule has 0 unspecified atom stereocenters. The molecule has 4 heterocycles. The van der Waals surface area contributed by atoms with Crippen molar-refractivity contribution in [3.63, 3.8) is 0 Å². The molecule has 6 heteroatoms. The van der Waals surface area contributed by atoms with Gasteiger partial charge < -0.3 is 8.98 Å². The Morgan fingerprint density at radius 2 is 1.00 bits per heavy atom. The number of furan rings is 1. The Kier molecular flexibility index (Phi) is 7.03. The highest BCUT2D eigenvalue weighted by molar-refractivity contribution is 7.25. The van der Waals surface area contributed by atoms with Crippen LogP contribution >= 0.6 is 11.3 Å². The summed E-state index contributed by atoms with van der Waals surface area (Å²) < 4.78 is 11.6. The third-order valence-electron chi connectivity index (χ3n) is 11.0. The molecule has 266 valence electrons. The number of thiophene rings is 1. The Bertz CT molecular complexity index is 3530. The van der Waals surface area contributed by atoms with Crippen LogP contribution in [0, 0.1) is 0 Å². The van der Waals surface area contributed by atoms with E-state index in [0.29, 0.717) is 17.5 Å². The number of aromatic nitrogens is 4. The van der Waals surface area contributed by atoms with Crippen molar-refractivity contribution in [2.45, 2.75) is 0 Å². The fourth-order valence-electron chi connectivity index (χ4n) is 8.39. The maximum Gasteiger partial charge on any atom is 0.164 e. The van der Waals surface area contributed by atoms with Gasteiger partial charge in [0.15, 0.2) is 17.5 Å². The van der Waals surface area contributed by atoms with Gasteiger partial charge in [0, 0.05) is 58.7 Å². The van der Waals surface area contributed by atoms with E-state index in [1.54, 1.807) is 11.3 Å². The van der Waals surface area contributed by atoms with Gasteiger partial charge >= 0.3 is 0 Å². The van der Waals surface area contributed by atoms with Gasteiger partial charge in [0.25, 0.3) is 0 Å². The molecule has 0 atom stereocenters. The van der Waals surface area contributed by atoms with Gasteiger partial charge in [-0.05, 0) is 65.7 Å². The normalized spacial score (nSPS) is 11.9. The molecule has 0 aliphatic heterocycles. The van der Waals surface area contributed by atoms with E-state index in [-0.39, 0.29) is 0 Å². The van der Waals surface area contributed by atoms with Crippen LogP contribution in [0.4, 0.5) is 0 Å². The minimum absolute atomic E-state index is 0.592. The van der Waals surface area contributed by atoms with E-state index >= 15 is 0 Å². The van der Waals surface area contributed by atoms with Crippen LogP contribution in [0.15, 0.2) is 186 Å². The molecule has 0 aliphatic carbocycles. The second kappa shape index (κ2) is 12.6. The van der Waals surface area contributed by atoms with Gasteiger partial charge in [0.2, 0.25) is 0 Å². The van der Waals surface area contributed by atoms with E-state index in [2.05, 4.69) is 156 Å². The van der Waals surface area contributed by atoms with Crippen molar-refractivity contribution in [1.29, 1.82) is 0 Å². The predicted molar refractivity (Wildman–Crippen MR) is 236 cm³/mol. The largest absolute Gasteiger partial charge is 0.456 e. The highest BCUT2D eigenvalue weighted by Crippen LogP contribution is 2.42. The van der Waals surface area contributed by atoms with Gasteiger partial charge in [-0.2, -0.15) is 0 Å². The molecule has 0 bridgehead atoms. The second-order valence-electron chi connectivity index (χ2n) is 14.4. The van der Waals surface area contributed by atoms with Crippen molar-refractivity contribution in [2.24, 2.45) is 0 Å². The molecule has 0 radical (unpaired) electrons. The molecule has 0 fully saturated rings. The maximum atomic E-state index is 6.73. The third kappa shape index (κ3) is 5.12. The molecule has 0 amide bonds. The molecule has 0 aliphatic rings. The molecule has 8 aromatic carbocycles. The standard InChI is InChI=1S/C51H30N4OS/c1-3-12-31(13-4-1)33-16-11-17-36(28-33)55-42-20-9-7-18-37(42)40-26-27-43-47(48(40)55)41-25-23-34(29-44(41)56-43)50-52-49(32-14-5-2-6-15-32)53-51(54-50)35-22-24-39-38-19-8-10-21-45(38)57-46(39)30-35/h1-30H. The highest BCUT2D eigenvalue weighted by Gasteiger charge is 2.21. The zero-order chi connectivity index (χ0) is 37.5. The summed E-state index contributed by atoms with van der Waals surface area (Å²) in [4.78, 5) is 15.2. The van der Waals surface area contributed by atoms with Crippen molar-refractivity contribution in [1.82, 2.24) is 19.5 Å². The van der Waals surface area contributed by atoms with Crippen LogP contribution < -0.4 is 0 Å². The lowest BCUT2D eigenvalue weighted by Crippen LogP contribution is -2.00. The molecule has 5 nitrogen and oxygen atoms in total. The van der Waals surface area contributed by atoms with E-state index in [9.17, 15) is 0 Å². The van der Waals surface area contributed by atoms with Crippen LogP contribution in [0.5, 0.6) is 0 Å². The molecule has 0 saturated heterocycles.